The Labute approximate surface area is 91.2 Å². The smallest absolute Gasteiger partial charge is 0.246 e. The largest absolute Gasteiger partial charge is 0.393 e. The van der Waals surface area contributed by atoms with E-state index in [-0.39, 0.29) is 12.0 Å². The SMILES string of the molecule is CON(C)C(=O)C[C@@H](C)[C@@H]1CC[C@H](O)C1. The predicted molar refractivity (Wildman–Crippen MR) is 56.9 cm³/mol. The number of amides is 1. The van der Waals surface area contributed by atoms with Crippen molar-refractivity contribution in [2.75, 3.05) is 14.2 Å². The van der Waals surface area contributed by atoms with Gasteiger partial charge in [-0.2, -0.15) is 0 Å². The van der Waals surface area contributed by atoms with E-state index >= 15 is 0 Å². The van der Waals surface area contributed by atoms with Crippen molar-refractivity contribution in [3.63, 3.8) is 0 Å². The van der Waals surface area contributed by atoms with Gasteiger partial charge in [0.1, 0.15) is 0 Å². The standard InChI is InChI=1S/C11H21NO3/c1-8(6-11(14)12(2)15-3)9-4-5-10(13)7-9/h8-10,13H,4-7H2,1-3H3/t8-,9-,10+/m1/s1. The molecule has 3 atom stereocenters. The molecule has 1 amide bonds. The minimum Gasteiger partial charge on any atom is -0.393 e. The summed E-state index contributed by atoms with van der Waals surface area (Å²) < 4.78 is 0. The first-order valence-corrected chi connectivity index (χ1v) is 5.53. The van der Waals surface area contributed by atoms with Gasteiger partial charge in [-0.25, -0.2) is 5.06 Å². The summed E-state index contributed by atoms with van der Waals surface area (Å²) in [4.78, 5) is 16.4. The van der Waals surface area contributed by atoms with Gasteiger partial charge in [-0.3, -0.25) is 9.63 Å². The number of hydroxylamine groups is 2. The molecule has 1 N–H and O–H groups in total. The second-order valence-electron chi connectivity index (χ2n) is 4.48. The molecule has 0 aromatic carbocycles. The van der Waals surface area contributed by atoms with E-state index in [0.29, 0.717) is 18.3 Å². The van der Waals surface area contributed by atoms with Gasteiger partial charge in [0, 0.05) is 13.5 Å². The Hall–Kier alpha value is -0.610. The maximum absolute atomic E-state index is 11.6. The van der Waals surface area contributed by atoms with Crippen molar-refractivity contribution in [2.24, 2.45) is 11.8 Å². The first-order valence-electron chi connectivity index (χ1n) is 5.53. The molecule has 1 aliphatic rings. The number of hydrogen-bond acceptors (Lipinski definition) is 3. The zero-order chi connectivity index (χ0) is 11.4. The highest BCUT2D eigenvalue weighted by molar-refractivity contribution is 5.75. The summed E-state index contributed by atoms with van der Waals surface area (Å²) in [7, 11) is 3.11. The maximum Gasteiger partial charge on any atom is 0.246 e. The number of carbonyl (C=O) groups excluding carboxylic acids is 1. The molecule has 4 nitrogen and oxygen atoms in total. The molecule has 1 rings (SSSR count). The van der Waals surface area contributed by atoms with E-state index in [2.05, 4.69) is 6.92 Å². The molecular weight excluding hydrogens is 194 g/mol. The van der Waals surface area contributed by atoms with Gasteiger partial charge in [-0.15, -0.1) is 0 Å². The molecule has 1 saturated carbocycles. The fourth-order valence-corrected chi connectivity index (χ4v) is 2.18. The highest BCUT2D eigenvalue weighted by atomic mass is 16.7. The molecule has 0 bridgehead atoms. The highest BCUT2D eigenvalue weighted by Crippen LogP contribution is 2.33. The zero-order valence-corrected chi connectivity index (χ0v) is 9.77. The van der Waals surface area contributed by atoms with E-state index in [1.54, 1.807) is 7.05 Å². The van der Waals surface area contributed by atoms with Crippen LogP contribution in [0, 0.1) is 11.8 Å². The van der Waals surface area contributed by atoms with Crippen molar-refractivity contribution in [1.29, 1.82) is 0 Å². The van der Waals surface area contributed by atoms with Gasteiger partial charge in [-0.05, 0) is 31.1 Å². The lowest BCUT2D eigenvalue weighted by Crippen LogP contribution is -2.28. The third-order valence-corrected chi connectivity index (χ3v) is 3.37. The number of nitrogens with zero attached hydrogens (tertiary/aromatic N) is 1. The van der Waals surface area contributed by atoms with Crippen LogP contribution in [0.4, 0.5) is 0 Å². The van der Waals surface area contributed by atoms with Crippen molar-refractivity contribution in [2.45, 2.75) is 38.7 Å². The summed E-state index contributed by atoms with van der Waals surface area (Å²) in [6.45, 7) is 2.07. The fraction of sp³-hybridized carbons (Fsp3) is 0.909. The molecule has 1 fully saturated rings. The molecule has 0 heterocycles. The summed E-state index contributed by atoms with van der Waals surface area (Å²) >= 11 is 0. The lowest BCUT2D eigenvalue weighted by molar-refractivity contribution is -0.170. The van der Waals surface area contributed by atoms with Gasteiger partial charge < -0.3 is 5.11 Å². The number of rotatable bonds is 4. The average Bonchev–Trinajstić information content (AvgIpc) is 2.63. The minimum absolute atomic E-state index is 0.00592. The van der Waals surface area contributed by atoms with Crippen LogP contribution in [-0.4, -0.2) is 36.3 Å². The van der Waals surface area contributed by atoms with Crippen LogP contribution >= 0.6 is 0 Å². The summed E-state index contributed by atoms with van der Waals surface area (Å²) in [6.07, 6.45) is 3.09. The second-order valence-corrected chi connectivity index (χ2v) is 4.48. The van der Waals surface area contributed by atoms with E-state index in [1.807, 2.05) is 0 Å². The Balaban J connectivity index is 2.35. The van der Waals surface area contributed by atoms with E-state index in [1.165, 1.54) is 12.2 Å². The number of carbonyl (C=O) groups is 1. The van der Waals surface area contributed by atoms with Gasteiger partial charge >= 0.3 is 0 Å². The molecular formula is C11H21NO3. The van der Waals surface area contributed by atoms with E-state index in [0.717, 1.165) is 19.3 Å². The Bertz CT molecular complexity index is 220. The van der Waals surface area contributed by atoms with Crippen LogP contribution in [0.2, 0.25) is 0 Å². The van der Waals surface area contributed by atoms with Crippen molar-refractivity contribution >= 4 is 5.91 Å². The highest BCUT2D eigenvalue weighted by Gasteiger charge is 2.29. The van der Waals surface area contributed by atoms with E-state index < -0.39 is 0 Å². The topological polar surface area (TPSA) is 49.8 Å². The molecule has 0 unspecified atom stereocenters. The summed E-state index contributed by atoms with van der Waals surface area (Å²) in [5, 5.41) is 10.7. The molecule has 0 saturated heterocycles. The van der Waals surface area contributed by atoms with Crippen LogP contribution in [0.25, 0.3) is 0 Å². The molecule has 15 heavy (non-hydrogen) atoms. The Kier molecular flexibility index (Phi) is 4.54. The van der Waals surface area contributed by atoms with Crippen LogP contribution < -0.4 is 0 Å². The molecule has 1 aliphatic carbocycles. The van der Waals surface area contributed by atoms with E-state index in [4.69, 9.17) is 4.84 Å². The Morgan fingerprint density at radius 1 is 1.60 bits per heavy atom. The van der Waals surface area contributed by atoms with Crippen molar-refractivity contribution in [3.05, 3.63) is 0 Å². The third kappa shape index (κ3) is 3.47. The second kappa shape index (κ2) is 5.47. The Morgan fingerprint density at radius 3 is 2.73 bits per heavy atom. The van der Waals surface area contributed by atoms with Crippen LogP contribution in [-0.2, 0) is 9.63 Å². The molecule has 0 aliphatic heterocycles. The van der Waals surface area contributed by atoms with Gasteiger partial charge in [-0.1, -0.05) is 6.92 Å². The number of aliphatic hydroxyl groups excluding tert-OH is 1. The fourth-order valence-electron chi connectivity index (χ4n) is 2.18. The van der Waals surface area contributed by atoms with Crippen molar-refractivity contribution in [1.82, 2.24) is 5.06 Å². The summed E-state index contributed by atoms with van der Waals surface area (Å²) in [6, 6.07) is 0. The molecule has 0 spiro atoms. The molecule has 0 radical (unpaired) electrons. The summed E-state index contributed by atoms with van der Waals surface area (Å²) in [5.74, 6) is 0.813. The predicted octanol–water partition coefficient (Wildman–Crippen LogP) is 1.19. The van der Waals surface area contributed by atoms with Crippen molar-refractivity contribution < 1.29 is 14.7 Å². The van der Waals surface area contributed by atoms with Crippen LogP contribution in [0.5, 0.6) is 0 Å². The third-order valence-electron chi connectivity index (χ3n) is 3.37. The number of aliphatic hydroxyl groups is 1. The first-order chi connectivity index (χ1) is 7.04. The lowest BCUT2D eigenvalue weighted by atomic mass is 9.89. The van der Waals surface area contributed by atoms with Crippen LogP contribution in [0.3, 0.4) is 0 Å². The molecule has 4 heteroatoms. The van der Waals surface area contributed by atoms with Gasteiger partial charge in [0.15, 0.2) is 0 Å². The lowest BCUT2D eigenvalue weighted by Gasteiger charge is -2.21. The Morgan fingerprint density at radius 2 is 2.27 bits per heavy atom. The minimum atomic E-state index is -0.160. The van der Waals surface area contributed by atoms with Crippen molar-refractivity contribution in [3.8, 4) is 0 Å². The van der Waals surface area contributed by atoms with Crippen LogP contribution in [0.15, 0.2) is 0 Å². The first kappa shape index (κ1) is 12.5. The number of hydrogen-bond donors (Lipinski definition) is 1. The van der Waals surface area contributed by atoms with Crippen LogP contribution in [0.1, 0.15) is 32.6 Å². The van der Waals surface area contributed by atoms with Gasteiger partial charge in [0.25, 0.3) is 0 Å². The monoisotopic (exact) mass is 215 g/mol. The molecule has 88 valence electrons. The molecule has 0 aromatic heterocycles. The maximum atomic E-state index is 11.6. The quantitative estimate of drug-likeness (QED) is 0.717. The van der Waals surface area contributed by atoms with E-state index in [9.17, 15) is 9.90 Å². The molecule has 0 aromatic rings. The van der Waals surface area contributed by atoms with Gasteiger partial charge in [0.2, 0.25) is 5.91 Å². The average molecular weight is 215 g/mol. The van der Waals surface area contributed by atoms with Gasteiger partial charge in [0.05, 0.1) is 13.2 Å². The normalized spacial score (nSPS) is 27.7. The zero-order valence-electron chi connectivity index (χ0n) is 9.77. The summed E-state index contributed by atoms with van der Waals surface area (Å²) in [5.41, 5.74) is 0.